The van der Waals surface area contributed by atoms with E-state index >= 15 is 0 Å². The number of alkyl halides is 2. The first-order valence-corrected chi connectivity index (χ1v) is 6.91. The number of aromatic nitrogens is 3. The predicted molar refractivity (Wildman–Crippen MR) is 78.3 cm³/mol. The van der Waals surface area contributed by atoms with Crippen molar-refractivity contribution >= 4 is 5.52 Å². The highest BCUT2D eigenvalue weighted by Crippen LogP contribution is 2.25. The Labute approximate surface area is 126 Å². The molecule has 0 aliphatic carbocycles. The van der Waals surface area contributed by atoms with E-state index in [-0.39, 0.29) is 5.69 Å². The van der Waals surface area contributed by atoms with Crippen LogP contribution in [-0.4, -0.2) is 21.7 Å². The molecule has 4 nitrogen and oxygen atoms in total. The van der Waals surface area contributed by atoms with E-state index in [9.17, 15) is 8.78 Å². The first-order valence-electron chi connectivity index (χ1n) is 6.91. The van der Waals surface area contributed by atoms with E-state index in [4.69, 9.17) is 4.74 Å². The maximum absolute atomic E-state index is 12.9. The van der Waals surface area contributed by atoms with Gasteiger partial charge in [0.15, 0.2) is 0 Å². The fraction of sp³-hybridized carbons (Fsp3) is 0.250. The number of rotatable bonds is 5. The summed E-state index contributed by atoms with van der Waals surface area (Å²) in [6.07, 6.45) is 2.42. The van der Waals surface area contributed by atoms with Crippen LogP contribution in [0.25, 0.3) is 5.52 Å². The summed E-state index contributed by atoms with van der Waals surface area (Å²) in [5.74, 6) is 0.439. The largest absolute Gasteiger partial charge is 0.481 e. The van der Waals surface area contributed by atoms with Gasteiger partial charge in [0, 0.05) is 18.5 Å². The van der Waals surface area contributed by atoms with Gasteiger partial charge >= 0.3 is 0 Å². The van der Waals surface area contributed by atoms with Crippen LogP contribution in [0.3, 0.4) is 0 Å². The third-order valence-corrected chi connectivity index (χ3v) is 3.56. The molecule has 3 aromatic heterocycles. The molecule has 0 fully saturated rings. The molecule has 22 heavy (non-hydrogen) atoms. The molecule has 0 aliphatic rings. The molecule has 0 atom stereocenters. The third kappa shape index (κ3) is 2.77. The number of ether oxygens (including phenoxy) is 1. The summed E-state index contributed by atoms with van der Waals surface area (Å²) in [6.45, 7) is 0. The lowest BCUT2D eigenvalue weighted by molar-refractivity contribution is 0.145. The molecule has 3 aromatic rings. The molecule has 0 unspecified atom stereocenters. The van der Waals surface area contributed by atoms with Crippen LogP contribution in [0, 0.1) is 0 Å². The fourth-order valence-electron chi connectivity index (χ4n) is 2.43. The maximum Gasteiger partial charge on any atom is 0.282 e. The summed E-state index contributed by atoms with van der Waals surface area (Å²) in [6, 6.07) is 8.96. The lowest BCUT2D eigenvalue weighted by atomic mass is 10.1. The second kappa shape index (κ2) is 6.09. The molecule has 3 rings (SSSR count). The second-order valence-corrected chi connectivity index (χ2v) is 4.92. The van der Waals surface area contributed by atoms with E-state index in [1.165, 1.54) is 17.7 Å². The van der Waals surface area contributed by atoms with Gasteiger partial charge < -0.3 is 4.74 Å². The summed E-state index contributed by atoms with van der Waals surface area (Å²) in [7, 11) is 1.50. The zero-order valence-electron chi connectivity index (χ0n) is 12.0. The van der Waals surface area contributed by atoms with Gasteiger partial charge in [-0.2, -0.15) is 5.10 Å². The topological polar surface area (TPSA) is 39.4 Å². The number of aryl methyl sites for hydroxylation is 2. The fourth-order valence-corrected chi connectivity index (χ4v) is 2.43. The van der Waals surface area contributed by atoms with Crippen LogP contribution < -0.4 is 4.74 Å². The summed E-state index contributed by atoms with van der Waals surface area (Å²) >= 11 is 0. The Morgan fingerprint density at radius 3 is 2.59 bits per heavy atom. The van der Waals surface area contributed by atoms with E-state index in [1.807, 2.05) is 18.2 Å². The second-order valence-electron chi connectivity index (χ2n) is 4.92. The van der Waals surface area contributed by atoms with Gasteiger partial charge in [0.25, 0.3) is 6.43 Å². The van der Waals surface area contributed by atoms with Gasteiger partial charge in [-0.1, -0.05) is 6.07 Å². The Morgan fingerprint density at radius 2 is 1.91 bits per heavy atom. The number of methoxy groups -OCH3 is 1. The standard InChI is InChI=1S/C16H15F2N3O/c1-22-15-5-4-12(3-2-11-6-8-19-9-7-11)14-10-13(16(17)18)20-21(14)15/h4-10,16H,2-3H2,1H3. The minimum atomic E-state index is -2.60. The van der Waals surface area contributed by atoms with Crippen molar-refractivity contribution in [3.05, 3.63) is 59.5 Å². The predicted octanol–water partition coefficient (Wildman–Crippen LogP) is 3.46. The zero-order chi connectivity index (χ0) is 15.5. The molecule has 0 radical (unpaired) electrons. The van der Waals surface area contributed by atoms with Crippen LogP contribution in [-0.2, 0) is 12.8 Å². The number of halogens is 2. The average molecular weight is 303 g/mol. The average Bonchev–Trinajstić information content (AvgIpc) is 2.99. The molecule has 0 aromatic carbocycles. The van der Waals surface area contributed by atoms with Gasteiger partial charge in [-0.25, -0.2) is 13.3 Å². The number of hydrogen-bond donors (Lipinski definition) is 0. The molecule has 0 bridgehead atoms. The molecular weight excluding hydrogens is 288 g/mol. The van der Waals surface area contributed by atoms with Crippen LogP contribution in [0.5, 0.6) is 5.88 Å². The van der Waals surface area contributed by atoms with Gasteiger partial charge in [-0.15, -0.1) is 0 Å². The Bertz CT molecular complexity index is 772. The molecule has 6 heteroatoms. The summed E-state index contributed by atoms with van der Waals surface area (Å²) < 4.78 is 32.4. The quantitative estimate of drug-likeness (QED) is 0.724. The highest BCUT2D eigenvalue weighted by molar-refractivity contribution is 5.57. The van der Waals surface area contributed by atoms with E-state index in [2.05, 4.69) is 10.1 Å². The molecule has 114 valence electrons. The lowest BCUT2D eigenvalue weighted by Gasteiger charge is -2.08. The molecule has 0 saturated carbocycles. The first-order chi connectivity index (χ1) is 10.7. The smallest absolute Gasteiger partial charge is 0.282 e. The van der Waals surface area contributed by atoms with E-state index < -0.39 is 6.43 Å². The molecule has 0 spiro atoms. The van der Waals surface area contributed by atoms with Gasteiger partial charge in [0.1, 0.15) is 5.69 Å². The highest BCUT2D eigenvalue weighted by atomic mass is 19.3. The minimum absolute atomic E-state index is 0.241. The van der Waals surface area contributed by atoms with Gasteiger partial charge in [0.05, 0.1) is 12.6 Å². The third-order valence-electron chi connectivity index (χ3n) is 3.56. The molecule has 0 aliphatic heterocycles. The minimum Gasteiger partial charge on any atom is -0.481 e. The normalized spacial score (nSPS) is 11.3. The van der Waals surface area contributed by atoms with E-state index in [1.54, 1.807) is 18.5 Å². The zero-order valence-corrected chi connectivity index (χ0v) is 12.0. The van der Waals surface area contributed by atoms with Crippen LogP contribution >= 0.6 is 0 Å². The molecule has 0 amide bonds. The van der Waals surface area contributed by atoms with Crippen molar-refractivity contribution < 1.29 is 13.5 Å². The Kier molecular flexibility index (Phi) is 4.00. The van der Waals surface area contributed by atoms with Crippen molar-refractivity contribution in [2.45, 2.75) is 19.3 Å². The van der Waals surface area contributed by atoms with Gasteiger partial charge in [0.2, 0.25) is 5.88 Å². The molecular formula is C16H15F2N3O. The Balaban J connectivity index is 1.95. The summed E-state index contributed by atoms with van der Waals surface area (Å²) in [5.41, 5.74) is 2.52. The van der Waals surface area contributed by atoms with Crippen LogP contribution in [0.4, 0.5) is 8.78 Å². The SMILES string of the molecule is COc1ccc(CCc2ccncc2)c2cc(C(F)F)nn12. The van der Waals surface area contributed by atoms with Crippen LogP contribution in [0.1, 0.15) is 23.2 Å². The van der Waals surface area contributed by atoms with Crippen LogP contribution in [0.2, 0.25) is 0 Å². The van der Waals surface area contributed by atoms with Crippen molar-refractivity contribution in [3.63, 3.8) is 0 Å². The van der Waals surface area contributed by atoms with Gasteiger partial charge in [-0.05, 0) is 42.2 Å². The van der Waals surface area contributed by atoms with Gasteiger partial charge in [-0.3, -0.25) is 4.98 Å². The maximum atomic E-state index is 12.9. The summed E-state index contributed by atoms with van der Waals surface area (Å²) in [5, 5.41) is 3.93. The number of fused-ring (bicyclic) bond motifs is 1. The van der Waals surface area contributed by atoms with Crippen LogP contribution in [0.15, 0.2) is 42.7 Å². The summed E-state index contributed by atoms with van der Waals surface area (Å²) in [4.78, 5) is 3.98. The number of nitrogens with zero attached hydrogens (tertiary/aromatic N) is 3. The van der Waals surface area contributed by atoms with Crippen molar-refractivity contribution in [2.75, 3.05) is 7.11 Å². The van der Waals surface area contributed by atoms with Crippen molar-refractivity contribution in [2.24, 2.45) is 0 Å². The van der Waals surface area contributed by atoms with Crippen molar-refractivity contribution in [1.29, 1.82) is 0 Å². The lowest BCUT2D eigenvalue weighted by Crippen LogP contribution is -2.00. The first kappa shape index (κ1) is 14.4. The molecule has 3 heterocycles. The highest BCUT2D eigenvalue weighted by Gasteiger charge is 2.16. The van der Waals surface area contributed by atoms with E-state index in [0.717, 1.165) is 24.0 Å². The monoisotopic (exact) mass is 303 g/mol. The number of hydrogen-bond acceptors (Lipinski definition) is 3. The molecule has 0 N–H and O–H groups in total. The Hall–Kier alpha value is -2.50. The van der Waals surface area contributed by atoms with E-state index in [0.29, 0.717) is 11.4 Å². The van der Waals surface area contributed by atoms with Crippen molar-refractivity contribution in [1.82, 2.24) is 14.6 Å². The Morgan fingerprint density at radius 1 is 1.14 bits per heavy atom. The number of pyridine rings is 2. The van der Waals surface area contributed by atoms with Crippen molar-refractivity contribution in [3.8, 4) is 5.88 Å². The molecule has 0 saturated heterocycles.